The molecule has 1 rings (SSSR count). The van der Waals surface area contributed by atoms with Gasteiger partial charge in [-0.2, -0.15) is 0 Å². The Kier molecular flexibility index (Phi) is 9.46. The molecule has 1 aromatic rings. The molecule has 0 aliphatic carbocycles. The van der Waals surface area contributed by atoms with Crippen molar-refractivity contribution in [3.63, 3.8) is 0 Å². The van der Waals surface area contributed by atoms with Crippen LogP contribution in [0, 0.1) is 11.6 Å². The lowest BCUT2D eigenvalue weighted by molar-refractivity contribution is 0.579. The maximum Gasteiger partial charge on any atom is 0.190 e. The number of rotatable bonds is 5. The predicted molar refractivity (Wildman–Crippen MR) is 85.1 cm³/mol. The Labute approximate surface area is 129 Å². The van der Waals surface area contributed by atoms with E-state index in [1.807, 2.05) is 0 Å². The summed E-state index contributed by atoms with van der Waals surface area (Å²) in [7, 11) is 1.69. The Balaban J connectivity index is 0.00000324. The van der Waals surface area contributed by atoms with Gasteiger partial charge < -0.3 is 10.6 Å². The second kappa shape index (κ2) is 9.94. The molecule has 6 heteroatoms. The highest BCUT2D eigenvalue weighted by molar-refractivity contribution is 14.0. The summed E-state index contributed by atoms with van der Waals surface area (Å²) in [5.41, 5.74) is 0.631. The third kappa shape index (κ3) is 7.29. The number of guanidine groups is 1. The summed E-state index contributed by atoms with van der Waals surface area (Å²) in [5.74, 6) is -0.384. The van der Waals surface area contributed by atoms with E-state index < -0.39 is 11.6 Å². The van der Waals surface area contributed by atoms with Gasteiger partial charge in [0.05, 0.1) is 0 Å². The van der Waals surface area contributed by atoms with Gasteiger partial charge in [-0.05, 0) is 30.5 Å². The first-order chi connectivity index (χ1) is 8.65. The van der Waals surface area contributed by atoms with Gasteiger partial charge in [0.15, 0.2) is 5.96 Å². The molecule has 0 aliphatic heterocycles. The van der Waals surface area contributed by atoms with Crippen LogP contribution >= 0.6 is 24.0 Å². The third-order valence-electron chi connectivity index (χ3n) is 2.39. The zero-order valence-electron chi connectivity index (χ0n) is 11.2. The van der Waals surface area contributed by atoms with Crippen LogP contribution in [0.25, 0.3) is 0 Å². The van der Waals surface area contributed by atoms with E-state index in [1.54, 1.807) is 7.05 Å². The largest absolute Gasteiger partial charge is 0.356 e. The molecule has 0 aliphatic rings. The second-order valence-electron chi connectivity index (χ2n) is 3.95. The number of halogens is 3. The fraction of sp³-hybridized carbons (Fsp3) is 0.462. The molecule has 3 nitrogen and oxygen atoms in total. The van der Waals surface area contributed by atoms with Crippen molar-refractivity contribution in [3.05, 3.63) is 35.4 Å². The fourth-order valence-corrected chi connectivity index (χ4v) is 1.54. The zero-order chi connectivity index (χ0) is 13.4. The van der Waals surface area contributed by atoms with E-state index in [0.29, 0.717) is 24.5 Å². The van der Waals surface area contributed by atoms with Crippen molar-refractivity contribution >= 4 is 29.9 Å². The molecule has 0 saturated heterocycles. The van der Waals surface area contributed by atoms with Gasteiger partial charge in [0.25, 0.3) is 0 Å². The quantitative estimate of drug-likeness (QED) is 0.466. The highest BCUT2D eigenvalue weighted by Crippen LogP contribution is 2.07. The minimum Gasteiger partial charge on any atom is -0.356 e. The number of nitrogens with one attached hydrogen (secondary N) is 2. The van der Waals surface area contributed by atoms with Crippen molar-refractivity contribution < 1.29 is 8.78 Å². The molecule has 0 amide bonds. The molecule has 0 heterocycles. The number of nitrogens with zero attached hydrogens (tertiary/aromatic N) is 1. The SMILES string of the molecule is CCCNC(=NC)NCCc1cc(F)cc(F)c1.I. The summed E-state index contributed by atoms with van der Waals surface area (Å²) in [6, 6.07) is 3.55. The number of hydrogen-bond acceptors (Lipinski definition) is 1. The minimum absolute atomic E-state index is 0. The van der Waals surface area contributed by atoms with Crippen molar-refractivity contribution in [2.45, 2.75) is 19.8 Å². The first-order valence-corrected chi connectivity index (χ1v) is 6.05. The average molecular weight is 383 g/mol. The molecular formula is C13H20F2IN3. The summed E-state index contributed by atoms with van der Waals surface area (Å²) in [6.07, 6.45) is 1.55. The van der Waals surface area contributed by atoms with Crippen LogP contribution in [0.2, 0.25) is 0 Å². The van der Waals surface area contributed by atoms with E-state index in [4.69, 9.17) is 0 Å². The van der Waals surface area contributed by atoms with E-state index in [-0.39, 0.29) is 24.0 Å². The van der Waals surface area contributed by atoms with Crippen LogP contribution in [0.3, 0.4) is 0 Å². The summed E-state index contributed by atoms with van der Waals surface area (Å²) >= 11 is 0. The molecule has 0 fully saturated rings. The Morgan fingerprint density at radius 1 is 1.11 bits per heavy atom. The molecule has 2 N–H and O–H groups in total. The van der Waals surface area contributed by atoms with E-state index in [0.717, 1.165) is 19.0 Å². The van der Waals surface area contributed by atoms with Crippen molar-refractivity contribution in [2.75, 3.05) is 20.1 Å². The van der Waals surface area contributed by atoms with Gasteiger partial charge in [0, 0.05) is 26.2 Å². The number of aliphatic imine (C=N–C) groups is 1. The van der Waals surface area contributed by atoms with Gasteiger partial charge in [-0.1, -0.05) is 6.92 Å². The first kappa shape index (κ1) is 18.1. The molecule has 0 radical (unpaired) electrons. The fourth-order valence-electron chi connectivity index (χ4n) is 1.54. The lowest BCUT2D eigenvalue weighted by Crippen LogP contribution is -2.38. The minimum atomic E-state index is -0.543. The summed E-state index contributed by atoms with van der Waals surface area (Å²) < 4.78 is 25.9. The van der Waals surface area contributed by atoms with Gasteiger partial charge >= 0.3 is 0 Å². The second-order valence-corrected chi connectivity index (χ2v) is 3.95. The van der Waals surface area contributed by atoms with Crippen molar-refractivity contribution in [2.24, 2.45) is 4.99 Å². The van der Waals surface area contributed by atoms with Crippen molar-refractivity contribution in [1.29, 1.82) is 0 Å². The standard InChI is InChI=1S/C13H19F2N3.HI/c1-3-5-17-13(16-2)18-6-4-10-7-11(14)9-12(15)8-10;/h7-9H,3-6H2,1-2H3,(H2,16,17,18);1H. The summed E-state index contributed by atoms with van der Waals surface area (Å²) in [4.78, 5) is 4.04. The van der Waals surface area contributed by atoms with Gasteiger partial charge in [-0.25, -0.2) is 8.78 Å². The highest BCUT2D eigenvalue weighted by Gasteiger charge is 2.01. The van der Waals surface area contributed by atoms with Crippen molar-refractivity contribution in [3.8, 4) is 0 Å². The van der Waals surface area contributed by atoms with Crippen LogP contribution in [0.4, 0.5) is 8.78 Å². The molecule has 108 valence electrons. The molecular weight excluding hydrogens is 363 g/mol. The van der Waals surface area contributed by atoms with Crippen LogP contribution in [0.15, 0.2) is 23.2 Å². The molecule has 0 bridgehead atoms. The number of benzene rings is 1. The van der Waals surface area contributed by atoms with E-state index in [9.17, 15) is 8.78 Å². The average Bonchev–Trinajstić information content (AvgIpc) is 2.32. The van der Waals surface area contributed by atoms with Crippen LogP contribution in [-0.4, -0.2) is 26.1 Å². The van der Waals surface area contributed by atoms with Crippen molar-refractivity contribution in [1.82, 2.24) is 10.6 Å². The van der Waals surface area contributed by atoms with Crippen LogP contribution in [-0.2, 0) is 6.42 Å². The topological polar surface area (TPSA) is 36.4 Å². The molecule has 0 atom stereocenters. The third-order valence-corrected chi connectivity index (χ3v) is 2.39. The van der Waals surface area contributed by atoms with E-state index >= 15 is 0 Å². The first-order valence-electron chi connectivity index (χ1n) is 6.05. The van der Waals surface area contributed by atoms with E-state index in [1.165, 1.54) is 12.1 Å². The normalized spacial score (nSPS) is 10.8. The maximum absolute atomic E-state index is 13.0. The molecule has 19 heavy (non-hydrogen) atoms. The maximum atomic E-state index is 13.0. The molecule has 0 spiro atoms. The van der Waals surface area contributed by atoms with E-state index in [2.05, 4.69) is 22.5 Å². The lowest BCUT2D eigenvalue weighted by atomic mass is 10.1. The van der Waals surface area contributed by atoms with Crippen LogP contribution in [0.1, 0.15) is 18.9 Å². The van der Waals surface area contributed by atoms with Gasteiger partial charge in [-0.3, -0.25) is 4.99 Å². The lowest BCUT2D eigenvalue weighted by Gasteiger charge is -2.11. The monoisotopic (exact) mass is 383 g/mol. The molecule has 0 aromatic heterocycles. The zero-order valence-corrected chi connectivity index (χ0v) is 13.5. The Morgan fingerprint density at radius 2 is 1.68 bits per heavy atom. The smallest absolute Gasteiger partial charge is 0.190 e. The Hall–Kier alpha value is -0.920. The summed E-state index contributed by atoms with van der Waals surface area (Å²) in [5, 5.41) is 6.20. The van der Waals surface area contributed by atoms with Gasteiger partial charge in [0.2, 0.25) is 0 Å². The van der Waals surface area contributed by atoms with Gasteiger partial charge in [0.1, 0.15) is 11.6 Å². The molecule has 1 aromatic carbocycles. The Morgan fingerprint density at radius 3 is 2.21 bits per heavy atom. The Bertz CT molecular complexity index is 391. The summed E-state index contributed by atoms with van der Waals surface area (Å²) in [6.45, 7) is 3.48. The van der Waals surface area contributed by atoms with Crippen LogP contribution in [0.5, 0.6) is 0 Å². The van der Waals surface area contributed by atoms with Crippen LogP contribution < -0.4 is 10.6 Å². The highest BCUT2D eigenvalue weighted by atomic mass is 127. The molecule has 0 unspecified atom stereocenters. The molecule has 0 saturated carbocycles. The van der Waals surface area contributed by atoms with Gasteiger partial charge in [-0.15, -0.1) is 24.0 Å². The number of hydrogen-bond donors (Lipinski definition) is 2. The predicted octanol–water partition coefficient (Wildman–Crippen LogP) is 2.70.